The van der Waals surface area contributed by atoms with E-state index in [1.54, 1.807) is 7.11 Å². The molecule has 0 heterocycles. The summed E-state index contributed by atoms with van der Waals surface area (Å²) in [5.41, 5.74) is 5.08. The first-order valence-electron chi connectivity index (χ1n) is 6.20. The van der Waals surface area contributed by atoms with Crippen molar-refractivity contribution in [3.63, 3.8) is 0 Å². The number of hydrogen-bond acceptors (Lipinski definition) is 3. The molecule has 0 aromatic heterocycles. The topological polar surface area (TPSA) is 36.3 Å². The van der Waals surface area contributed by atoms with E-state index in [-0.39, 0.29) is 0 Å². The van der Waals surface area contributed by atoms with Crippen molar-refractivity contribution in [1.82, 2.24) is 4.90 Å². The molecule has 0 fully saturated rings. The van der Waals surface area contributed by atoms with Crippen LogP contribution >= 0.6 is 0 Å². The summed E-state index contributed by atoms with van der Waals surface area (Å²) >= 11 is 0. The van der Waals surface area contributed by atoms with Crippen molar-refractivity contribution < 1.29 is 4.74 Å². The molecular weight excluding hydrogens is 224 g/mol. The molecule has 1 aromatic rings. The summed E-state index contributed by atoms with van der Waals surface area (Å²) in [5.74, 6) is 0.952. The van der Waals surface area contributed by atoms with Gasteiger partial charge in [-0.15, -0.1) is 0 Å². The molecule has 1 aromatic carbocycles. The quantitative estimate of drug-likeness (QED) is 0.801. The Morgan fingerprint density at radius 1 is 1.28 bits per heavy atom. The molecule has 0 saturated heterocycles. The smallest absolute Gasteiger partial charge is 0.122 e. The molecule has 0 bridgehead atoms. The van der Waals surface area contributed by atoms with E-state index in [9.17, 15) is 0 Å². The first-order valence-corrected chi connectivity index (χ1v) is 6.20. The molecule has 3 heteroatoms. The van der Waals surface area contributed by atoms with E-state index in [0.29, 0.717) is 6.42 Å². The number of aryl methyl sites for hydroxylation is 1. The lowest BCUT2D eigenvalue weighted by Gasteiger charge is -2.21. The van der Waals surface area contributed by atoms with Gasteiger partial charge in [0.05, 0.1) is 13.2 Å². The van der Waals surface area contributed by atoms with Crippen LogP contribution < -0.4 is 4.74 Å². The van der Waals surface area contributed by atoms with Crippen LogP contribution in [0.5, 0.6) is 5.75 Å². The van der Waals surface area contributed by atoms with Crippen molar-refractivity contribution in [2.45, 2.75) is 33.7 Å². The van der Waals surface area contributed by atoms with Crippen LogP contribution in [-0.4, -0.2) is 25.6 Å². The maximum absolute atomic E-state index is 8.61. The van der Waals surface area contributed by atoms with Gasteiger partial charge in [0, 0.05) is 19.5 Å². The molecule has 0 unspecified atom stereocenters. The summed E-state index contributed by atoms with van der Waals surface area (Å²) in [6, 6.07) is 4.27. The molecule has 0 radical (unpaired) electrons. The summed E-state index contributed by atoms with van der Waals surface area (Å²) in [7, 11) is 3.76. The Balaban J connectivity index is 2.96. The number of methoxy groups -OCH3 is 1. The first kappa shape index (κ1) is 14.5. The Morgan fingerprint density at radius 2 is 1.94 bits per heavy atom. The zero-order chi connectivity index (χ0) is 13.7. The number of hydrogen-bond donors (Lipinski definition) is 0. The molecule has 0 amide bonds. The highest BCUT2D eigenvalue weighted by atomic mass is 16.5. The molecule has 1 rings (SSSR count). The molecule has 0 aliphatic heterocycles. The zero-order valence-corrected chi connectivity index (χ0v) is 12.0. The maximum atomic E-state index is 8.61. The number of ether oxygens (including phenoxy) is 1. The predicted octanol–water partition coefficient (Wildman–Crippen LogP) is 2.97. The van der Waals surface area contributed by atoms with Gasteiger partial charge in [-0.05, 0) is 56.1 Å². The molecule has 0 saturated carbocycles. The fourth-order valence-electron chi connectivity index (χ4n) is 2.14. The third-order valence-electron chi connectivity index (χ3n) is 3.46. The summed E-state index contributed by atoms with van der Waals surface area (Å²) in [4.78, 5) is 2.18. The second-order valence-corrected chi connectivity index (χ2v) is 4.77. The molecule has 0 atom stereocenters. The number of rotatable bonds is 5. The molecule has 0 spiro atoms. The van der Waals surface area contributed by atoms with E-state index < -0.39 is 0 Å². The van der Waals surface area contributed by atoms with Crippen LogP contribution in [0.15, 0.2) is 6.07 Å². The average Bonchev–Trinajstić information content (AvgIpc) is 2.36. The van der Waals surface area contributed by atoms with E-state index in [4.69, 9.17) is 10.00 Å². The van der Waals surface area contributed by atoms with E-state index in [1.807, 2.05) is 0 Å². The van der Waals surface area contributed by atoms with E-state index in [2.05, 4.69) is 44.9 Å². The van der Waals surface area contributed by atoms with Crippen LogP contribution in [0, 0.1) is 32.1 Å². The Hall–Kier alpha value is -1.53. The lowest BCUT2D eigenvalue weighted by molar-refractivity contribution is 0.333. The number of nitrogens with zero attached hydrogens (tertiary/aromatic N) is 2. The summed E-state index contributed by atoms with van der Waals surface area (Å²) in [5, 5.41) is 8.61. The van der Waals surface area contributed by atoms with Crippen LogP contribution in [0.25, 0.3) is 0 Å². The first-order chi connectivity index (χ1) is 8.51. The normalized spacial score (nSPS) is 10.5. The highest BCUT2D eigenvalue weighted by Crippen LogP contribution is 2.28. The summed E-state index contributed by atoms with van der Waals surface area (Å²) in [6.45, 7) is 8.03. The second-order valence-electron chi connectivity index (χ2n) is 4.77. The second kappa shape index (κ2) is 6.42. The standard InChI is InChI=1S/C15H22N2O/c1-11-9-15(18-5)13(3)12(2)14(11)10-17(4)8-6-7-16/h9H,6,8,10H2,1-5H3. The SMILES string of the molecule is COc1cc(C)c(CN(C)CCC#N)c(C)c1C. The van der Waals surface area contributed by atoms with Gasteiger partial charge in [-0.25, -0.2) is 0 Å². The average molecular weight is 246 g/mol. The monoisotopic (exact) mass is 246 g/mol. The van der Waals surface area contributed by atoms with Crippen LogP contribution in [0.4, 0.5) is 0 Å². The van der Waals surface area contributed by atoms with Gasteiger partial charge < -0.3 is 9.64 Å². The lowest BCUT2D eigenvalue weighted by Crippen LogP contribution is -2.20. The molecule has 0 N–H and O–H groups in total. The Labute approximate surface area is 110 Å². The van der Waals surface area contributed by atoms with Crippen LogP contribution in [-0.2, 0) is 6.54 Å². The fraction of sp³-hybridized carbons (Fsp3) is 0.533. The van der Waals surface area contributed by atoms with Gasteiger partial charge in [-0.3, -0.25) is 0 Å². The van der Waals surface area contributed by atoms with Crippen molar-refractivity contribution in [3.8, 4) is 11.8 Å². The van der Waals surface area contributed by atoms with Gasteiger partial charge >= 0.3 is 0 Å². The molecular formula is C15H22N2O. The van der Waals surface area contributed by atoms with E-state index in [1.165, 1.54) is 22.3 Å². The maximum Gasteiger partial charge on any atom is 0.122 e. The van der Waals surface area contributed by atoms with E-state index in [0.717, 1.165) is 18.8 Å². The number of benzene rings is 1. The minimum Gasteiger partial charge on any atom is -0.496 e. The lowest BCUT2D eigenvalue weighted by atomic mass is 9.97. The third kappa shape index (κ3) is 3.24. The predicted molar refractivity (Wildman–Crippen MR) is 73.8 cm³/mol. The zero-order valence-electron chi connectivity index (χ0n) is 12.0. The van der Waals surface area contributed by atoms with Crippen molar-refractivity contribution >= 4 is 0 Å². The van der Waals surface area contributed by atoms with Gasteiger partial charge in [-0.1, -0.05) is 0 Å². The Bertz CT molecular complexity index is 461. The van der Waals surface area contributed by atoms with Crippen LogP contribution in [0.1, 0.15) is 28.7 Å². The van der Waals surface area contributed by atoms with Gasteiger partial charge in [0.2, 0.25) is 0 Å². The van der Waals surface area contributed by atoms with Gasteiger partial charge in [0.25, 0.3) is 0 Å². The highest BCUT2D eigenvalue weighted by molar-refractivity contribution is 5.48. The van der Waals surface area contributed by atoms with Gasteiger partial charge in [0.15, 0.2) is 0 Å². The third-order valence-corrected chi connectivity index (χ3v) is 3.46. The Morgan fingerprint density at radius 3 is 2.50 bits per heavy atom. The molecule has 0 aliphatic carbocycles. The largest absolute Gasteiger partial charge is 0.496 e. The van der Waals surface area contributed by atoms with E-state index >= 15 is 0 Å². The van der Waals surface area contributed by atoms with Crippen molar-refractivity contribution in [2.75, 3.05) is 20.7 Å². The molecule has 0 aliphatic rings. The minimum absolute atomic E-state index is 0.573. The minimum atomic E-state index is 0.573. The number of nitriles is 1. The van der Waals surface area contributed by atoms with Crippen LogP contribution in [0.2, 0.25) is 0 Å². The van der Waals surface area contributed by atoms with Crippen LogP contribution in [0.3, 0.4) is 0 Å². The van der Waals surface area contributed by atoms with Gasteiger partial charge in [0.1, 0.15) is 5.75 Å². The van der Waals surface area contributed by atoms with Gasteiger partial charge in [-0.2, -0.15) is 5.26 Å². The van der Waals surface area contributed by atoms with Crippen molar-refractivity contribution in [1.29, 1.82) is 5.26 Å². The summed E-state index contributed by atoms with van der Waals surface area (Å²) < 4.78 is 5.37. The van der Waals surface area contributed by atoms with Crippen molar-refractivity contribution in [2.24, 2.45) is 0 Å². The summed E-state index contributed by atoms with van der Waals surface area (Å²) in [6.07, 6.45) is 0.573. The van der Waals surface area contributed by atoms with Crippen molar-refractivity contribution in [3.05, 3.63) is 28.3 Å². The molecule has 18 heavy (non-hydrogen) atoms. The fourth-order valence-corrected chi connectivity index (χ4v) is 2.14. The highest BCUT2D eigenvalue weighted by Gasteiger charge is 2.12. The molecule has 98 valence electrons. The molecule has 3 nitrogen and oxygen atoms in total. The Kier molecular flexibility index (Phi) is 5.18.